The minimum atomic E-state index is 0.0763. The fraction of sp³-hybridized carbons (Fsp3) is 0.500. The van der Waals surface area contributed by atoms with E-state index < -0.39 is 0 Å². The maximum absolute atomic E-state index is 11.6. The molecule has 0 aliphatic heterocycles. The van der Waals surface area contributed by atoms with Crippen molar-refractivity contribution in [3.8, 4) is 0 Å². The van der Waals surface area contributed by atoms with Crippen LogP contribution in [0.25, 0.3) is 0 Å². The zero-order valence-electron chi connectivity index (χ0n) is 10.8. The van der Waals surface area contributed by atoms with E-state index in [1.54, 1.807) is 13.0 Å². The van der Waals surface area contributed by atoms with Crippen LogP contribution in [-0.2, 0) is 4.79 Å². The highest BCUT2D eigenvalue weighted by atomic mass is 16.2. The Bertz CT molecular complexity index is 275. The lowest BCUT2D eigenvalue weighted by molar-refractivity contribution is -0.130. The molecule has 0 unspecified atom stereocenters. The molecule has 0 spiro atoms. The normalized spacial score (nSPS) is 10.0. The topological polar surface area (TPSA) is 20.3 Å². The third kappa shape index (κ3) is 5.54. The van der Waals surface area contributed by atoms with E-state index in [9.17, 15) is 4.79 Å². The molecule has 0 bridgehead atoms. The van der Waals surface area contributed by atoms with Crippen LogP contribution >= 0.6 is 0 Å². The van der Waals surface area contributed by atoms with Gasteiger partial charge < -0.3 is 4.90 Å². The highest BCUT2D eigenvalue weighted by molar-refractivity contribution is 5.73. The van der Waals surface area contributed by atoms with Crippen molar-refractivity contribution in [3.63, 3.8) is 0 Å². The van der Waals surface area contributed by atoms with Gasteiger partial charge >= 0.3 is 0 Å². The molecule has 0 aliphatic carbocycles. The summed E-state index contributed by atoms with van der Waals surface area (Å²) in [6, 6.07) is 0.158. The molecule has 0 aromatic carbocycles. The van der Waals surface area contributed by atoms with Crippen LogP contribution in [0.15, 0.2) is 37.0 Å². The highest BCUT2D eigenvalue weighted by Gasteiger charge is 2.19. The summed E-state index contributed by atoms with van der Waals surface area (Å²) in [7, 11) is 0. The average molecular weight is 221 g/mol. The van der Waals surface area contributed by atoms with Crippen LogP contribution in [-0.4, -0.2) is 23.4 Å². The Hall–Kier alpha value is -1.31. The standard InChI is InChI=1S/C14H23NO/c1-7-8-15(13(6)16)14(9-11(2)3)10-12(4)5/h7,14H,1-2,4,8-10H2,3,5-6H3. The van der Waals surface area contributed by atoms with Gasteiger partial charge in [-0.3, -0.25) is 4.79 Å². The second-order valence-corrected chi connectivity index (χ2v) is 4.44. The number of carbonyl (C=O) groups is 1. The summed E-state index contributed by atoms with van der Waals surface area (Å²) < 4.78 is 0. The highest BCUT2D eigenvalue weighted by Crippen LogP contribution is 2.17. The molecule has 2 nitrogen and oxygen atoms in total. The Morgan fingerprint density at radius 1 is 1.19 bits per heavy atom. The van der Waals surface area contributed by atoms with Crippen molar-refractivity contribution in [2.75, 3.05) is 6.54 Å². The summed E-state index contributed by atoms with van der Waals surface area (Å²) >= 11 is 0. The van der Waals surface area contributed by atoms with Gasteiger partial charge in [0.2, 0.25) is 5.91 Å². The van der Waals surface area contributed by atoms with Gasteiger partial charge in [-0.25, -0.2) is 0 Å². The first kappa shape index (κ1) is 14.7. The van der Waals surface area contributed by atoms with Crippen LogP contribution in [0.4, 0.5) is 0 Å². The van der Waals surface area contributed by atoms with E-state index in [1.807, 2.05) is 18.7 Å². The Morgan fingerprint density at radius 2 is 1.62 bits per heavy atom. The summed E-state index contributed by atoms with van der Waals surface area (Å²) in [6.07, 6.45) is 3.39. The van der Waals surface area contributed by atoms with E-state index in [0.29, 0.717) is 6.54 Å². The minimum Gasteiger partial charge on any atom is -0.336 e. The van der Waals surface area contributed by atoms with Crippen molar-refractivity contribution in [1.82, 2.24) is 4.90 Å². The summed E-state index contributed by atoms with van der Waals surface area (Å²) in [4.78, 5) is 13.4. The Labute approximate surface area is 99.3 Å². The first-order chi connectivity index (χ1) is 7.38. The van der Waals surface area contributed by atoms with E-state index >= 15 is 0 Å². The lowest BCUT2D eigenvalue weighted by Crippen LogP contribution is -2.39. The van der Waals surface area contributed by atoms with Gasteiger partial charge in [0.05, 0.1) is 0 Å². The lowest BCUT2D eigenvalue weighted by atomic mass is 10.00. The number of amides is 1. The zero-order valence-corrected chi connectivity index (χ0v) is 10.8. The molecule has 0 atom stereocenters. The van der Waals surface area contributed by atoms with Gasteiger partial charge in [-0.15, -0.1) is 19.7 Å². The van der Waals surface area contributed by atoms with E-state index in [4.69, 9.17) is 0 Å². The number of rotatable bonds is 7. The van der Waals surface area contributed by atoms with Crippen molar-refractivity contribution in [1.29, 1.82) is 0 Å². The molecule has 0 aliphatic rings. The van der Waals surface area contributed by atoms with Crippen LogP contribution in [0.2, 0.25) is 0 Å². The van der Waals surface area contributed by atoms with Crippen LogP contribution < -0.4 is 0 Å². The maximum Gasteiger partial charge on any atom is 0.219 e. The third-order valence-corrected chi connectivity index (χ3v) is 2.34. The second-order valence-electron chi connectivity index (χ2n) is 4.44. The predicted octanol–water partition coefficient (Wildman–Crippen LogP) is 3.32. The molecule has 16 heavy (non-hydrogen) atoms. The molecule has 0 radical (unpaired) electrons. The predicted molar refractivity (Wildman–Crippen MR) is 70.2 cm³/mol. The van der Waals surface area contributed by atoms with Gasteiger partial charge in [0, 0.05) is 19.5 Å². The molecule has 0 N–H and O–H groups in total. The maximum atomic E-state index is 11.6. The largest absolute Gasteiger partial charge is 0.336 e. The Kier molecular flexibility index (Phi) is 6.47. The monoisotopic (exact) mass is 221 g/mol. The molecule has 0 fully saturated rings. The molecule has 0 rings (SSSR count). The smallest absolute Gasteiger partial charge is 0.219 e. The minimum absolute atomic E-state index is 0.0763. The van der Waals surface area contributed by atoms with Gasteiger partial charge in [0.25, 0.3) is 0 Å². The second kappa shape index (κ2) is 7.04. The van der Waals surface area contributed by atoms with Crippen molar-refractivity contribution >= 4 is 5.91 Å². The first-order valence-electron chi connectivity index (χ1n) is 5.55. The molecule has 0 saturated heterocycles. The lowest BCUT2D eigenvalue weighted by Gasteiger charge is -2.30. The summed E-state index contributed by atoms with van der Waals surface area (Å²) in [5.74, 6) is 0.0763. The zero-order chi connectivity index (χ0) is 12.7. The average Bonchev–Trinajstić information content (AvgIpc) is 2.10. The number of nitrogens with zero attached hydrogens (tertiary/aromatic N) is 1. The fourth-order valence-electron chi connectivity index (χ4n) is 1.77. The molecule has 0 aromatic rings. The molecule has 1 amide bonds. The molecule has 0 heterocycles. The summed E-state index contributed by atoms with van der Waals surface area (Å²) in [6.45, 7) is 17.6. The van der Waals surface area contributed by atoms with E-state index in [2.05, 4.69) is 19.7 Å². The van der Waals surface area contributed by atoms with Crippen molar-refractivity contribution in [2.24, 2.45) is 0 Å². The van der Waals surface area contributed by atoms with Crippen LogP contribution in [0.1, 0.15) is 33.6 Å². The SMILES string of the molecule is C=CCN(C(C)=O)C(CC(=C)C)CC(=C)C. The van der Waals surface area contributed by atoms with Crippen molar-refractivity contribution in [2.45, 2.75) is 39.7 Å². The fourth-order valence-corrected chi connectivity index (χ4v) is 1.77. The number of hydrogen-bond acceptors (Lipinski definition) is 1. The third-order valence-electron chi connectivity index (χ3n) is 2.34. The van der Waals surface area contributed by atoms with E-state index in [0.717, 1.165) is 24.0 Å². The summed E-state index contributed by atoms with van der Waals surface area (Å²) in [5.41, 5.74) is 2.17. The molecule has 0 saturated carbocycles. The van der Waals surface area contributed by atoms with Crippen LogP contribution in [0.5, 0.6) is 0 Å². The van der Waals surface area contributed by atoms with Gasteiger partial charge in [0.1, 0.15) is 0 Å². The number of hydrogen-bond donors (Lipinski definition) is 0. The van der Waals surface area contributed by atoms with E-state index in [1.165, 1.54) is 0 Å². The van der Waals surface area contributed by atoms with Crippen molar-refractivity contribution in [3.05, 3.63) is 37.0 Å². The Balaban J connectivity index is 4.78. The van der Waals surface area contributed by atoms with Gasteiger partial charge in [-0.2, -0.15) is 0 Å². The van der Waals surface area contributed by atoms with Crippen LogP contribution in [0.3, 0.4) is 0 Å². The van der Waals surface area contributed by atoms with Gasteiger partial charge in [0.15, 0.2) is 0 Å². The van der Waals surface area contributed by atoms with Crippen LogP contribution in [0, 0.1) is 0 Å². The molecular weight excluding hydrogens is 198 g/mol. The van der Waals surface area contributed by atoms with E-state index in [-0.39, 0.29) is 11.9 Å². The molecule has 90 valence electrons. The number of carbonyl (C=O) groups excluding carboxylic acids is 1. The Morgan fingerprint density at radius 3 is 1.88 bits per heavy atom. The van der Waals surface area contributed by atoms with Gasteiger partial charge in [-0.1, -0.05) is 17.2 Å². The summed E-state index contributed by atoms with van der Waals surface area (Å²) in [5, 5.41) is 0. The molecule has 0 aromatic heterocycles. The molecule has 2 heteroatoms. The van der Waals surface area contributed by atoms with Gasteiger partial charge in [-0.05, 0) is 26.7 Å². The van der Waals surface area contributed by atoms with Crippen molar-refractivity contribution < 1.29 is 4.79 Å². The quantitative estimate of drug-likeness (QED) is 0.604. The first-order valence-corrected chi connectivity index (χ1v) is 5.55. The molecular formula is C14H23NO.